The average Bonchev–Trinajstić information content (AvgIpc) is 3.23. The molecule has 2 aromatic rings. The smallest absolute Gasteiger partial charge is 0.283 e. The van der Waals surface area contributed by atoms with E-state index in [1.54, 1.807) is 11.6 Å². The van der Waals surface area contributed by atoms with Crippen LogP contribution in [-0.2, 0) is 4.79 Å². The summed E-state index contributed by atoms with van der Waals surface area (Å²) in [5.41, 5.74) is 3.51. The first kappa shape index (κ1) is 21.1. The molecule has 158 valence electrons. The Bertz CT molecular complexity index is 1110. The molecule has 0 radical (unpaired) electrons. The lowest BCUT2D eigenvalue weighted by atomic mass is 10.1. The van der Waals surface area contributed by atoms with Crippen LogP contribution in [0.3, 0.4) is 0 Å². The molecule has 31 heavy (non-hydrogen) atoms. The number of hydrogen-bond donors (Lipinski definition) is 1. The monoisotopic (exact) mass is 454 g/mol. The molecule has 4 rings (SSSR count). The van der Waals surface area contributed by atoms with Gasteiger partial charge in [0.05, 0.1) is 24.3 Å². The van der Waals surface area contributed by atoms with Crippen molar-refractivity contribution in [3.05, 3.63) is 64.2 Å². The van der Waals surface area contributed by atoms with Gasteiger partial charge in [0.15, 0.2) is 11.0 Å². The van der Waals surface area contributed by atoms with Crippen LogP contribution < -0.4 is 9.47 Å². The Hall–Kier alpha value is -3.10. The number of aryl methyl sites for hydroxylation is 1. The Labute approximate surface area is 188 Å². The fourth-order valence-electron chi connectivity index (χ4n) is 2.91. The van der Waals surface area contributed by atoms with Gasteiger partial charge in [-0.15, -0.1) is 0 Å². The summed E-state index contributed by atoms with van der Waals surface area (Å²) < 4.78 is 11.5. The van der Waals surface area contributed by atoms with Gasteiger partial charge in [-0.3, -0.25) is 10.2 Å². The summed E-state index contributed by atoms with van der Waals surface area (Å²) in [5, 5.41) is 14.7. The van der Waals surface area contributed by atoms with Crippen LogP contribution in [-0.4, -0.2) is 40.7 Å². The number of carbonyl (C=O) groups is 1. The van der Waals surface area contributed by atoms with Crippen LogP contribution in [0.15, 0.2) is 58.1 Å². The van der Waals surface area contributed by atoms with Gasteiger partial charge in [0.25, 0.3) is 5.91 Å². The Balaban J connectivity index is 1.28. The van der Waals surface area contributed by atoms with Crippen molar-refractivity contribution in [1.29, 1.82) is 5.41 Å². The van der Waals surface area contributed by atoms with Crippen molar-refractivity contribution in [3.63, 3.8) is 0 Å². The van der Waals surface area contributed by atoms with Gasteiger partial charge < -0.3 is 9.47 Å². The van der Waals surface area contributed by atoms with Gasteiger partial charge in [-0.2, -0.15) is 15.1 Å². The van der Waals surface area contributed by atoms with Crippen molar-refractivity contribution in [2.24, 2.45) is 10.1 Å². The molecule has 9 heteroatoms. The fraction of sp³-hybridized carbons (Fsp3) is 0.182. The lowest BCUT2D eigenvalue weighted by Gasteiger charge is -2.20. The number of ether oxygens (including phenoxy) is 2. The number of fused-ring (bicyclic) bond motifs is 1. The number of nitrogens with zero attached hydrogens (tertiary/aromatic N) is 3. The summed E-state index contributed by atoms with van der Waals surface area (Å²) >= 11 is 7.23. The minimum absolute atomic E-state index is 0.0208. The molecule has 0 fully saturated rings. The maximum atomic E-state index is 12.2. The molecule has 0 saturated carbocycles. The highest BCUT2D eigenvalue weighted by Crippen LogP contribution is 2.25. The van der Waals surface area contributed by atoms with Crippen molar-refractivity contribution in [3.8, 4) is 11.5 Å². The van der Waals surface area contributed by atoms with E-state index in [4.69, 9.17) is 26.5 Å². The van der Waals surface area contributed by atoms with Crippen LogP contribution in [0.5, 0.6) is 11.5 Å². The lowest BCUT2D eigenvalue weighted by molar-refractivity contribution is -0.114. The van der Waals surface area contributed by atoms with E-state index >= 15 is 0 Å². The van der Waals surface area contributed by atoms with E-state index < -0.39 is 5.91 Å². The van der Waals surface area contributed by atoms with Crippen LogP contribution in [0.4, 0.5) is 0 Å². The summed E-state index contributed by atoms with van der Waals surface area (Å²) in [6.45, 7) is 2.99. The largest absolute Gasteiger partial charge is 0.493 e. The molecule has 1 amide bonds. The zero-order chi connectivity index (χ0) is 21.8. The van der Waals surface area contributed by atoms with Crippen molar-refractivity contribution in [2.75, 3.05) is 13.2 Å². The minimum Gasteiger partial charge on any atom is -0.493 e. The van der Waals surface area contributed by atoms with Crippen LogP contribution in [0.1, 0.15) is 17.5 Å². The van der Waals surface area contributed by atoms with Gasteiger partial charge in [-0.05, 0) is 66.2 Å². The molecule has 2 aromatic carbocycles. The number of aliphatic imine (C=N–C) groups is 1. The lowest BCUT2D eigenvalue weighted by Crippen LogP contribution is -2.35. The SMILES string of the molecule is Cc1cc(OCCCOc2ccc(/C=C3\C(=N)N4N=CSC4=NC3=O)cc2)ccc1Cl. The molecular formula is C22H19ClN4O3S. The summed E-state index contributed by atoms with van der Waals surface area (Å²) in [6, 6.07) is 12.9. The van der Waals surface area contributed by atoms with Gasteiger partial charge in [0.2, 0.25) is 0 Å². The van der Waals surface area contributed by atoms with Crippen molar-refractivity contribution < 1.29 is 14.3 Å². The first-order chi connectivity index (χ1) is 15.0. The Morgan fingerprint density at radius 1 is 1.13 bits per heavy atom. The normalized spacial score (nSPS) is 16.5. The zero-order valence-electron chi connectivity index (χ0n) is 16.7. The highest BCUT2D eigenvalue weighted by molar-refractivity contribution is 8.25. The third-order valence-corrected chi connectivity index (χ3v) is 5.64. The van der Waals surface area contributed by atoms with Crippen LogP contribution in [0.25, 0.3) is 6.08 Å². The second kappa shape index (κ2) is 9.36. The minimum atomic E-state index is -0.439. The maximum absolute atomic E-state index is 12.2. The van der Waals surface area contributed by atoms with Gasteiger partial charge >= 0.3 is 0 Å². The third-order valence-electron chi connectivity index (χ3n) is 4.54. The number of amidine groups is 2. The average molecular weight is 455 g/mol. The quantitative estimate of drug-likeness (QED) is 0.482. The highest BCUT2D eigenvalue weighted by atomic mass is 35.5. The van der Waals surface area contributed by atoms with Crippen LogP contribution >= 0.6 is 23.4 Å². The molecule has 1 N–H and O–H groups in total. The van der Waals surface area contributed by atoms with Crippen molar-refractivity contribution >= 4 is 51.9 Å². The summed E-state index contributed by atoms with van der Waals surface area (Å²) in [5.74, 6) is 1.09. The number of thioether (sulfide) groups is 1. The molecule has 7 nitrogen and oxygen atoms in total. The Morgan fingerprint density at radius 2 is 1.84 bits per heavy atom. The Kier molecular flexibility index (Phi) is 6.39. The summed E-state index contributed by atoms with van der Waals surface area (Å²) in [6.07, 6.45) is 2.36. The first-order valence-electron chi connectivity index (χ1n) is 9.56. The van der Waals surface area contributed by atoms with Crippen molar-refractivity contribution in [2.45, 2.75) is 13.3 Å². The molecule has 0 atom stereocenters. The second-order valence-corrected chi connectivity index (χ2v) is 8.01. The third kappa shape index (κ3) is 4.98. The molecule has 0 aliphatic carbocycles. The fourth-order valence-corrected chi connectivity index (χ4v) is 3.64. The molecular weight excluding hydrogens is 436 g/mol. The molecule has 0 aromatic heterocycles. The van der Waals surface area contributed by atoms with Gasteiger partial charge in [-0.1, -0.05) is 23.7 Å². The maximum Gasteiger partial charge on any atom is 0.283 e. The molecule has 2 aliphatic heterocycles. The molecule has 2 aliphatic rings. The van der Waals surface area contributed by atoms with E-state index in [1.165, 1.54) is 16.8 Å². The van der Waals surface area contributed by atoms with E-state index in [0.717, 1.165) is 34.1 Å². The van der Waals surface area contributed by atoms with E-state index in [2.05, 4.69) is 10.1 Å². The van der Waals surface area contributed by atoms with Crippen LogP contribution in [0.2, 0.25) is 5.02 Å². The predicted molar refractivity (Wildman–Crippen MR) is 124 cm³/mol. The topological polar surface area (TPSA) is 87.3 Å². The predicted octanol–water partition coefficient (Wildman–Crippen LogP) is 4.75. The number of hydrazone groups is 1. The molecule has 0 saturated heterocycles. The molecule has 0 unspecified atom stereocenters. The number of halogens is 1. The van der Waals surface area contributed by atoms with Crippen LogP contribution in [0, 0.1) is 12.3 Å². The number of rotatable bonds is 7. The first-order valence-corrected chi connectivity index (χ1v) is 10.8. The molecule has 0 spiro atoms. The summed E-state index contributed by atoms with van der Waals surface area (Å²) in [4.78, 5) is 16.2. The van der Waals surface area contributed by atoms with E-state index in [1.807, 2.05) is 49.4 Å². The van der Waals surface area contributed by atoms with E-state index in [-0.39, 0.29) is 11.4 Å². The molecule has 0 bridgehead atoms. The number of carbonyl (C=O) groups excluding carboxylic acids is 1. The van der Waals surface area contributed by atoms with E-state index in [0.29, 0.717) is 18.4 Å². The van der Waals surface area contributed by atoms with Gasteiger partial charge in [0, 0.05) is 11.4 Å². The zero-order valence-corrected chi connectivity index (χ0v) is 18.2. The second-order valence-electron chi connectivity index (χ2n) is 6.79. The summed E-state index contributed by atoms with van der Waals surface area (Å²) in [7, 11) is 0. The highest BCUT2D eigenvalue weighted by Gasteiger charge is 2.32. The number of nitrogens with one attached hydrogen (secondary N) is 1. The standard InChI is InChI=1S/C22H19ClN4O3S/c1-14-11-17(7-8-19(14)23)30-10-2-9-29-16-5-3-15(4-6-16)12-18-20(24)27-22(26-21(18)28)31-13-25-27/h3-8,11-13,24H,2,9-10H2,1H3/b18-12+,24-20?. The van der Waals surface area contributed by atoms with E-state index in [9.17, 15) is 4.79 Å². The Morgan fingerprint density at radius 3 is 2.58 bits per heavy atom. The number of hydrogen-bond acceptors (Lipinski definition) is 6. The van der Waals surface area contributed by atoms with Gasteiger partial charge in [-0.25, -0.2) is 0 Å². The molecule has 2 heterocycles. The number of benzene rings is 2. The van der Waals surface area contributed by atoms with Gasteiger partial charge in [0.1, 0.15) is 11.5 Å². The van der Waals surface area contributed by atoms with Crippen molar-refractivity contribution in [1.82, 2.24) is 5.01 Å². The number of amides is 1.